The fourth-order valence-corrected chi connectivity index (χ4v) is 4.59. The highest BCUT2D eigenvalue weighted by molar-refractivity contribution is 7.20. The lowest BCUT2D eigenvalue weighted by atomic mass is 10.2. The lowest BCUT2D eigenvalue weighted by Gasteiger charge is -2.11. The monoisotopic (exact) mass is 461 g/mol. The van der Waals surface area contributed by atoms with Gasteiger partial charge in [-0.2, -0.15) is 0 Å². The number of ether oxygens (including phenoxy) is 1. The smallest absolute Gasteiger partial charge is 0.151 e. The van der Waals surface area contributed by atoms with Crippen molar-refractivity contribution < 1.29 is 4.74 Å². The van der Waals surface area contributed by atoms with Crippen molar-refractivity contribution in [3.8, 4) is 17.6 Å². The molecule has 0 aliphatic carbocycles. The summed E-state index contributed by atoms with van der Waals surface area (Å²) in [7, 11) is 0. The number of nitrogens with zero attached hydrogens (tertiary/aromatic N) is 3. The third kappa shape index (κ3) is 4.83. The molecular formula is C24H20ClN5OS. The number of rotatable bonds is 5. The van der Waals surface area contributed by atoms with Crippen LogP contribution in [0.4, 0.5) is 11.5 Å². The molecule has 0 amide bonds. The second-order valence-corrected chi connectivity index (χ2v) is 8.80. The molecule has 0 radical (unpaired) electrons. The minimum Gasteiger partial charge on any atom is -0.486 e. The highest BCUT2D eigenvalue weighted by Gasteiger charge is 2.12. The molecule has 1 atom stereocenters. The summed E-state index contributed by atoms with van der Waals surface area (Å²) in [4.78, 5) is 14.1. The maximum absolute atomic E-state index is 6.45. The van der Waals surface area contributed by atoms with Crippen LogP contribution < -0.4 is 15.4 Å². The van der Waals surface area contributed by atoms with E-state index in [4.69, 9.17) is 16.3 Å². The summed E-state index contributed by atoms with van der Waals surface area (Å²) in [5.74, 6) is 7.92. The second kappa shape index (κ2) is 9.53. The number of anilines is 2. The van der Waals surface area contributed by atoms with E-state index in [1.54, 1.807) is 23.9 Å². The molecule has 0 spiro atoms. The standard InChI is InChI=1S/C24H20ClN5OS/c25-20-12-17(7-9-22(20)31-14-18-4-1-2-10-27-18)30-24-23-21(28-15-29-24)13-19(32-23)8-6-16-5-3-11-26-16/h1-2,4,7,9-10,12-13,15-16,26H,3,5,11,14H2,(H,28,29,30)/t16-/m1/s1. The van der Waals surface area contributed by atoms with Gasteiger partial charge in [-0.15, -0.1) is 11.3 Å². The van der Waals surface area contributed by atoms with Gasteiger partial charge in [0.2, 0.25) is 0 Å². The molecule has 1 aromatic carbocycles. The molecule has 0 bridgehead atoms. The number of fused-ring (bicyclic) bond motifs is 1. The van der Waals surface area contributed by atoms with Gasteiger partial charge in [0.1, 0.15) is 18.7 Å². The molecular weight excluding hydrogens is 442 g/mol. The predicted molar refractivity (Wildman–Crippen MR) is 129 cm³/mol. The Kier molecular flexibility index (Phi) is 6.17. The Hall–Kier alpha value is -3.18. The van der Waals surface area contributed by atoms with Crippen LogP contribution in [0, 0.1) is 11.8 Å². The molecule has 1 saturated heterocycles. The molecule has 4 heterocycles. The summed E-state index contributed by atoms with van der Waals surface area (Å²) in [6, 6.07) is 13.6. The topological polar surface area (TPSA) is 72.0 Å². The maximum atomic E-state index is 6.45. The first-order valence-corrected chi connectivity index (χ1v) is 11.5. The molecule has 160 valence electrons. The second-order valence-electron chi connectivity index (χ2n) is 7.35. The summed E-state index contributed by atoms with van der Waals surface area (Å²) in [5, 5.41) is 7.25. The number of aromatic nitrogens is 3. The molecule has 1 aliphatic rings. The van der Waals surface area contributed by atoms with Crippen molar-refractivity contribution in [2.75, 3.05) is 11.9 Å². The average Bonchev–Trinajstić information content (AvgIpc) is 3.48. The molecule has 4 aromatic rings. The largest absolute Gasteiger partial charge is 0.486 e. The van der Waals surface area contributed by atoms with Crippen LogP contribution in [0.25, 0.3) is 10.2 Å². The first-order chi connectivity index (χ1) is 15.7. The van der Waals surface area contributed by atoms with Crippen molar-refractivity contribution in [2.24, 2.45) is 0 Å². The first kappa shape index (κ1) is 20.7. The minimum absolute atomic E-state index is 0.282. The molecule has 5 rings (SSSR count). The molecule has 2 N–H and O–H groups in total. The summed E-state index contributed by atoms with van der Waals surface area (Å²) < 4.78 is 6.77. The molecule has 1 fully saturated rings. The summed E-state index contributed by atoms with van der Waals surface area (Å²) >= 11 is 8.03. The van der Waals surface area contributed by atoms with E-state index in [1.807, 2.05) is 42.5 Å². The van der Waals surface area contributed by atoms with Crippen molar-refractivity contribution in [3.05, 3.63) is 70.6 Å². The molecule has 0 saturated carbocycles. The number of nitrogens with one attached hydrogen (secondary N) is 2. The Morgan fingerprint density at radius 3 is 2.97 bits per heavy atom. The Labute approximate surface area is 195 Å². The zero-order valence-corrected chi connectivity index (χ0v) is 18.7. The van der Waals surface area contributed by atoms with E-state index in [0.717, 1.165) is 45.3 Å². The molecule has 3 aromatic heterocycles. The van der Waals surface area contributed by atoms with E-state index in [9.17, 15) is 0 Å². The van der Waals surface area contributed by atoms with E-state index in [0.29, 0.717) is 17.4 Å². The quantitative estimate of drug-likeness (QED) is 0.400. The highest BCUT2D eigenvalue weighted by Crippen LogP contribution is 2.33. The molecule has 32 heavy (non-hydrogen) atoms. The maximum Gasteiger partial charge on any atom is 0.151 e. The Morgan fingerprint density at radius 1 is 1.19 bits per heavy atom. The minimum atomic E-state index is 0.282. The van der Waals surface area contributed by atoms with Crippen LogP contribution in [0.15, 0.2) is 55.0 Å². The van der Waals surface area contributed by atoms with Crippen LogP contribution in [-0.2, 0) is 6.61 Å². The van der Waals surface area contributed by atoms with Gasteiger partial charge < -0.3 is 15.4 Å². The number of thiophene rings is 1. The molecule has 1 aliphatic heterocycles. The van der Waals surface area contributed by atoms with Gasteiger partial charge in [0, 0.05) is 11.9 Å². The van der Waals surface area contributed by atoms with Crippen LogP contribution in [0.2, 0.25) is 5.02 Å². The predicted octanol–water partition coefficient (Wildman–Crippen LogP) is 5.17. The van der Waals surface area contributed by atoms with Gasteiger partial charge in [-0.25, -0.2) is 9.97 Å². The van der Waals surface area contributed by atoms with E-state index in [2.05, 4.69) is 37.4 Å². The van der Waals surface area contributed by atoms with Crippen LogP contribution in [0.5, 0.6) is 5.75 Å². The zero-order valence-electron chi connectivity index (χ0n) is 17.1. The first-order valence-electron chi connectivity index (χ1n) is 10.3. The Bertz CT molecular complexity index is 1290. The fourth-order valence-electron chi connectivity index (χ4n) is 3.44. The Morgan fingerprint density at radius 2 is 2.16 bits per heavy atom. The van der Waals surface area contributed by atoms with Crippen molar-refractivity contribution in [3.63, 3.8) is 0 Å². The van der Waals surface area contributed by atoms with Gasteiger partial charge in [-0.05, 0) is 55.8 Å². The van der Waals surface area contributed by atoms with Crippen molar-refractivity contribution in [1.82, 2.24) is 20.3 Å². The van der Waals surface area contributed by atoms with E-state index < -0.39 is 0 Å². The van der Waals surface area contributed by atoms with Crippen LogP contribution in [0.1, 0.15) is 23.4 Å². The fraction of sp³-hybridized carbons (Fsp3) is 0.208. The zero-order chi connectivity index (χ0) is 21.8. The van der Waals surface area contributed by atoms with Gasteiger partial charge in [-0.1, -0.05) is 29.5 Å². The number of benzene rings is 1. The van der Waals surface area contributed by atoms with Crippen LogP contribution >= 0.6 is 22.9 Å². The summed E-state index contributed by atoms with van der Waals surface area (Å²) in [6.45, 7) is 1.40. The number of hydrogen-bond acceptors (Lipinski definition) is 7. The van der Waals surface area contributed by atoms with Gasteiger partial charge in [-0.3, -0.25) is 4.98 Å². The van der Waals surface area contributed by atoms with Crippen molar-refractivity contribution in [2.45, 2.75) is 25.5 Å². The van der Waals surface area contributed by atoms with Gasteiger partial charge in [0.25, 0.3) is 0 Å². The average molecular weight is 462 g/mol. The molecule has 6 nitrogen and oxygen atoms in total. The Balaban J connectivity index is 1.32. The van der Waals surface area contributed by atoms with Gasteiger partial charge in [0.05, 0.1) is 31.9 Å². The van der Waals surface area contributed by atoms with Gasteiger partial charge in [0.15, 0.2) is 5.82 Å². The van der Waals surface area contributed by atoms with E-state index in [-0.39, 0.29) is 6.04 Å². The third-order valence-corrected chi connectivity index (χ3v) is 6.38. The van der Waals surface area contributed by atoms with E-state index in [1.165, 1.54) is 6.42 Å². The molecule has 0 unspecified atom stereocenters. The SMILES string of the molecule is Clc1cc(Nc2ncnc3cc(C#C[C@H]4CCCN4)sc23)ccc1OCc1ccccn1. The number of halogens is 1. The molecule has 8 heteroatoms. The highest BCUT2D eigenvalue weighted by atomic mass is 35.5. The summed E-state index contributed by atoms with van der Waals surface area (Å²) in [5.41, 5.74) is 2.53. The van der Waals surface area contributed by atoms with Crippen molar-refractivity contribution in [1.29, 1.82) is 0 Å². The van der Waals surface area contributed by atoms with Crippen LogP contribution in [-0.4, -0.2) is 27.5 Å². The van der Waals surface area contributed by atoms with E-state index >= 15 is 0 Å². The number of pyridine rings is 1. The third-order valence-electron chi connectivity index (χ3n) is 5.04. The lowest BCUT2D eigenvalue weighted by molar-refractivity contribution is 0.301. The van der Waals surface area contributed by atoms with Crippen LogP contribution in [0.3, 0.4) is 0 Å². The summed E-state index contributed by atoms with van der Waals surface area (Å²) in [6.07, 6.45) is 5.58. The normalized spacial score (nSPS) is 15.3. The van der Waals surface area contributed by atoms with Crippen molar-refractivity contribution >= 4 is 44.7 Å². The van der Waals surface area contributed by atoms with Gasteiger partial charge >= 0.3 is 0 Å². The number of hydrogen-bond donors (Lipinski definition) is 2. The lowest BCUT2D eigenvalue weighted by Crippen LogP contribution is -2.18.